The summed E-state index contributed by atoms with van der Waals surface area (Å²) in [6.45, 7) is 8.31. The van der Waals surface area contributed by atoms with Gasteiger partial charge in [0.15, 0.2) is 0 Å². The molecule has 4 aromatic carbocycles. The minimum Gasteiger partial charge on any atom is -0.508 e. The lowest BCUT2D eigenvalue weighted by atomic mass is 9.95. The number of phenols is 1. The summed E-state index contributed by atoms with van der Waals surface area (Å²) in [6, 6.07) is 23.0. The number of amides is 3. The molecular weight excluding hydrogens is 570 g/mol. The number of alkyl carbamates (subject to hydrolysis) is 1. The molecule has 0 saturated carbocycles. The standard InChI is InChI=1S/C36H41N3O6/c1-23-10-11-24(2)30(20-23)32(33(42)37-28-15-14-26-8-6-7-9-27(26)22-28)39(18-19-40)34(43)31(38-35(44)45-36(3,4)5)21-25-12-16-29(41)17-13-25/h6-17,20,22,31-32,40-41H,18-19,21H2,1-5H3,(H,37,42)(H,38,44). The van der Waals surface area contributed by atoms with E-state index in [1.807, 2.05) is 68.4 Å². The lowest BCUT2D eigenvalue weighted by Gasteiger charge is -2.35. The third kappa shape index (κ3) is 8.83. The first kappa shape index (κ1) is 33.0. The summed E-state index contributed by atoms with van der Waals surface area (Å²) in [5.74, 6) is -0.993. The third-order valence-electron chi connectivity index (χ3n) is 7.30. The molecule has 0 aliphatic carbocycles. The first-order valence-corrected chi connectivity index (χ1v) is 14.9. The quantitative estimate of drug-likeness (QED) is 0.180. The molecule has 0 aliphatic rings. The Morgan fingerprint density at radius 2 is 1.58 bits per heavy atom. The Bertz CT molecular complexity index is 1660. The smallest absolute Gasteiger partial charge is 0.408 e. The number of hydrogen-bond acceptors (Lipinski definition) is 6. The molecule has 0 heterocycles. The summed E-state index contributed by atoms with van der Waals surface area (Å²) >= 11 is 0. The number of hydrogen-bond donors (Lipinski definition) is 4. The van der Waals surface area contributed by atoms with Crippen LogP contribution in [0.2, 0.25) is 0 Å². The highest BCUT2D eigenvalue weighted by atomic mass is 16.6. The molecule has 0 aromatic heterocycles. The van der Waals surface area contributed by atoms with E-state index in [0.29, 0.717) is 16.8 Å². The number of anilines is 1. The summed E-state index contributed by atoms with van der Waals surface area (Å²) in [5.41, 5.74) is 2.67. The van der Waals surface area contributed by atoms with Gasteiger partial charge in [0.1, 0.15) is 23.4 Å². The van der Waals surface area contributed by atoms with Crippen molar-refractivity contribution in [1.82, 2.24) is 10.2 Å². The first-order chi connectivity index (χ1) is 21.3. The van der Waals surface area contributed by atoms with Crippen LogP contribution in [0.1, 0.15) is 49.1 Å². The van der Waals surface area contributed by atoms with E-state index in [-0.39, 0.29) is 18.7 Å². The Hall–Kier alpha value is -4.89. The van der Waals surface area contributed by atoms with Gasteiger partial charge in [-0.15, -0.1) is 0 Å². The van der Waals surface area contributed by atoms with Crippen LogP contribution in [0.5, 0.6) is 5.75 Å². The zero-order chi connectivity index (χ0) is 32.7. The maximum atomic E-state index is 14.5. The maximum absolute atomic E-state index is 14.5. The van der Waals surface area contributed by atoms with Crippen molar-refractivity contribution in [2.75, 3.05) is 18.5 Å². The fourth-order valence-corrected chi connectivity index (χ4v) is 5.17. The van der Waals surface area contributed by atoms with E-state index in [4.69, 9.17) is 4.74 Å². The Balaban J connectivity index is 1.76. The molecule has 3 amide bonds. The average Bonchev–Trinajstić information content (AvgIpc) is 2.98. The Labute approximate surface area is 263 Å². The van der Waals surface area contributed by atoms with Gasteiger partial charge in [-0.05, 0) is 86.3 Å². The minimum absolute atomic E-state index is 0.0477. The highest BCUT2D eigenvalue weighted by Gasteiger charge is 2.37. The van der Waals surface area contributed by atoms with Crippen LogP contribution in [0.4, 0.5) is 10.5 Å². The average molecular weight is 612 g/mol. The van der Waals surface area contributed by atoms with Gasteiger partial charge in [-0.2, -0.15) is 0 Å². The van der Waals surface area contributed by atoms with E-state index in [1.165, 1.54) is 17.0 Å². The summed E-state index contributed by atoms with van der Waals surface area (Å²) in [6.07, 6.45) is -0.751. The van der Waals surface area contributed by atoms with Crippen LogP contribution in [-0.2, 0) is 20.7 Å². The number of carbonyl (C=O) groups excluding carboxylic acids is 3. The molecule has 9 heteroatoms. The molecule has 0 fully saturated rings. The Morgan fingerprint density at radius 1 is 0.889 bits per heavy atom. The van der Waals surface area contributed by atoms with Crippen molar-refractivity contribution in [3.05, 3.63) is 107 Å². The third-order valence-corrected chi connectivity index (χ3v) is 7.30. The summed E-state index contributed by atoms with van der Waals surface area (Å²) in [5, 5.41) is 27.6. The molecule has 45 heavy (non-hydrogen) atoms. The predicted octanol–water partition coefficient (Wildman–Crippen LogP) is 5.80. The van der Waals surface area contributed by atoms with Crippen molar-refractivity contribution >= 4 is 34.4 Å². The number of aryl methyl sites for hydroxylation is 2. The molecule has 4 rings (SSSR count). The molecule has 4 N–H and O–H groups in total. The normalized spacial score (nSPS) is 12.7. The fraction of sp³-hybridized carbons (Fsp3) is 0.306. The second kappa shape index (κ2) is 14.3. The van der Waals surface area contributed by atoms with Crippen LogP contribution >= 0.6 is 0 Å². The van der Waals surface area contributed by atoms with Gasteiger partial charge in [-0.25, -0.2) is 4.79 Å². The molecule has 0 radical (unpaired) electrons. The van der Waals surface area contributed by atoms with E-state index >= 15 is 0 Å². The van der Waals surface area contributed by atoms with Crippen LogP contribution in [0.3, 0.4) is 0 Å². The molecule has 0 aliphatic heterocycles. The van der Waals surface area contributed by atoms with Crippen LogP contribution in [0.15, 0.2) is 84.9 Å². The van der Waals surface area contributed by atoms with Crippen molar-refractivity contribution < 1.29 is 29.3 Å². The Kier molecular flexibility index (Phi) is 10.5. The first-order valence-electron chi connectivity index (χ1n) is 14.9. The van der Waals surface area contributed by atoms with E-state index in [1.54, 1.807) is 39.0 Å². The molecule has 0 spiro atoms. The number of carbonyl (C=O) groups is 3. The van der Waals surface area contributed by atoms with Crippen molar-refractivity contribution in [3.8, 4) is 5.75 Å². The van der Waals surface area contributed by atoms with Gasteiger partial charge in [0.25, 0.3) is 5.91 Å². The van der Waals surface area contributed by atoms with Crippen molar-refractivity contribution in [2.45, 2.75) is 58.7 Å². The van der Waals surface area contributed by atoms with Crippen molar-refractivity contribution in [3.63, 3.8) is 0 Å². The molecule has 2 atom stereocenters. The van der Waals surface area contributed by atoms with Gasteiger partial charge in [-0.1, -0.05) is 66.2 Å². The molecule has 0 bridgehead atoms. The van der Waals surface area contributed by atoms with Gasteiger partial charge in [0.05, 0.1) is 6.61 Å². The number of nitrogens with zero attached hydrogens (tertiary/aromatic N) is 1. The summed E-state index contributed by atoms with van der Waals surface area (Å²) in [7, 11) is 0. The molecule has 4 aromatic rings. The second-order valence-corrected chi connectivity index (χ2v) is 12.1. The lowest BCUT2D eigenvalue weighted by molar-refractivity contribution is -0.141. The number of fused-ring (bicyclic) bond motifs is 1. The topological polar surface area (TPSA) is 128 Å². The second-order valence-electron chi connectivity index (χ2n) is 12.1. The number of nitrogens with one attached hydrogen (secondary N) is 2. The molecular formula is C36H41N3O6. The molecule has 2 unspecified atom stereocenters. The zero-order valence-corrected chi connectivity index (χ0v) is 26.3. The maximum Gasteiger partial charge on any atom is 0.408 e. The van der Waals surface area contributed by atoms with Gasteiger partial charge in [0, 0.05) is 18.7 Å². The number of aliphatic hydroxyl groups is 1. The fourth-order valence-electron chi connectivity index (χ4n) is 5.17. The Morgan fingerprint density at radius 3 is 2.24 bits per heavy atom. The van der Waals surface area contributed by atoms with E-state index < -0.39 is 42.2 Å². The lowest BCUT2D eigenvalue weighted by Crippen LogP contribution is -2.54. The van der Waals surface area contributed by atoms with E-state index in [2.05, 4.69) is 10.6 Å². The van der Waals surface area contributed by atoms with Crippen LogP contribution in [0.25, 0.3) is 10.8 Å². The number of rotatable bonds is 10. The van der Waals surface area contributed by atoms with Crippen LogP contribution in [-0.4, -0.2) is 57.8 Å². The van der Waals surface area contributed by atoms with Crippen molar-refractivity contribution in [2.24, 2.45) is 0 Å². The summed E-state index contributed by atoms with van der Waals surface area (Å²) in [4.78, 5) is 43.0. The summed E-state index contributed by atoms with van der Waals surface area (Å²) < 4.78 is 5.47. The molecule has 236 valence electrons. The minimum atomic E-state index is -1.16. The van der Waals surface area contributed by atoms with Crippen LogP contribution in [0, 0.1) is 13.8 Å². The SMILES string of the molecule is Cc1ccc(C)c(C(C(=O)Nc2ccc3ccccc3c2)N(CCO)C(=O)C(Cc2ccc(O)cc2)NC(=O)OC(C)(C)C)c1. The van der Waals surface area contributed by atoms with Gasteiger partial charge in [-0.3, -0.25) is 9.59 Å². The molecule has 9 nitrogen and oxygen atoms in total. The highest BCUT2D eigenvalue weighted by molar-refractivity contribution is 6.00. The number of benzene rings is 4. The van der Waals surface area contributed by atoms with Gasteiger partial charge < -0.3 is 30.5 Å². The van der Waals surface area contributed by atoms with Crippen LogP contribution < -0.4 is 10.6 Å². The van der Waals surface area contributed by atoms with E-state index in [0.717, 1.165) is 21.9 Å². The van der Waals surface area contributed by atoms with Gasteiger partial charge in [0.2, 0.25) is 5.91 Å². The van der Waals surface area contributed by atoms with Gasteiger partial charge >= 0.3 is 6.09 Å². The number of aliphatic hydroxyl groups excluding tert-OH is 1. The number of aromatic hydroxyl groups is 1. The number of ether oxygens (including phenoxy) is 1. The largest absolute Gasteiger partial charge is 0.508 e. The predicted molar refractivity (Wildman–Crippen MR) is 175 cm³/mol. The number of phenolic OH excluding ortho intramolecular Hbond substituents is 1. The monoisotopic (exact) mass is 611 g/mol. The molecule has 0 saturated heterocycles. The van der Waals surface area contributed by atoms with Crippen molar-refractivity contribution in [1.29, 1.82) is 0 Å². The van der Waals surface area contributed by atoms with E-state index in [9.17, 15) is 24.6 Å². The zero-order valence-electron chi connectivity index (χ0n) is 26.3. The highest BCUT2D eigenvalue weighted by Crippen LogP contribution is 2.29.